The molecule has 0 aliphatic rings. The predicted molar refractivity (Wildman–Crippen MR) is 70.5 cm³/mol. The SMILES string of the molecule is Cc1ccc(NC(=O)n2cncn2)cc1-n1cncn1. The van der Waals surface area contributed by atoms with E-state index in [0.29, 0.717) is 5.69 Å². The smallest absolute Gasteiger partial charge is 0.306 e. The first-order valence-corrected chi connectivity index (χ1v) is 5.85. The average molecular weight is 269 g/mol. The molecule has 2 aromatic heterocycles. The predicted octanol–water partition coefficient (Wildman–Crippen LogP) is 1.25. The zero-order chi connectivity index (χ0) is 13.9. The fourth-order valence-corrected chi connectivity index (χ4v) is 1.76. The molecule has 1 amide bonds. The molecule has 0 spiro atoms. The van der Waals surface area contributed by atoms with Crippen LogP contribution in [-0.2, 0) is 0 Å². The number of aryl methyl sites for hydroxylation is 1. The van der Waals surface area contributed by atoms with E-state index in [1.165, 1.54) is 19.0 Å². The van der Waals surface area contributed by atoms with E-state index in [2.05, 4.69) is 25.5 Å². The van der Waals surface area contributed by atoms with E-state index in [1.807, 2.05) is 25.1 Å². The standard InChI is InChI=1S/C12H11N7O/c1-9-2-3-10(4-11(9)18-7-13-5-15-18)17-12(20)19-8-14-6-16-19/h2-8H,1H3,(H,17,20). The number of aromatic nitrogens is 6. The summed E-state index contributed by atoms with van der Waals surface area (Å²) >= 11 is 0. The number of benzene rings is 1. The van der Waals surface area contributed by atoms with Crippen LogP contribution in [0.5, 0.6) is 0 Å². The van der Waals surface area contributed by atoms with Crippen molar-refractivity contribution in [3.63, 3.8) is 0 Å². The molecule has 20 heavy (non-hydrogen) atoms. The second kappa shape index (κ2) is 4.92. The van der Waals surface area contributed by atoms with Crippen molar-refractivity contribution >= 4 is 11.7 Å². The highest BCUT2D eigenvalue weighted by Gasteiger charge is 2.08. The number of amides is 1. The van der Waals surface area contributed by atoms with Gasteiger partial charge >= 0.3 is 6.03 Å². The number of carbonyl (C=O) groups excluding carboxylic acids is 1. The van der Waals surface area contributed by atoms with Crippen LogP contribution in [0.4, 0.5) is 10.5 Å². The summed E-state index contributed by atoms with van der Waals surface area (Å²) in [6.07, 6.45) is 5.70. The van der Waals surface area contributed by atoms with Gasteiger partial charge in [-0.15, -0.1) is 0 Å². The number of nitrogens with one attached hydrogen (secondary N) is 1. The van der Waals surface area contributed by atoms with Crippen LogP contribution in [0.2, 0.25) is 0 Å². The van der Waals surface area contributed by atoms with Crippen LogP contribution in [0.15, 0.2) is 43.5 Å². The van der Waals surface area contributed by atoms with E-state index in [9.17, 15) is 4.79 Å². The van der Waals surface area contributed by atoms with Crippen LogP contribution in [0.25, 0.3) is 5.69 Å². The molecule has 0 atom stereocenters. The molecular weight excluding hydrogens is 258 g/mol. The first-order chi connectivity index (χ1) is 9.74. The van der Waals surface area contributed by atoms with Crippen LogP contribution in [0.3, 0.4) is 0 Å². The van der Waals surface area contributed by atoms with Gasteiger partial charge in [-0.05, 0) is 24.6 Å². The van der Waals surface area contributed by atoms with Gasteiger partial charge in [0.25, 0.3) is 0 Å². The Morgan fingerprint density at radius 2 is 1.95 bits per heavy atom. The van der Waals surface area contributed by atoms with E-state index in [-0.39, 0.29) is 6.03 Å². The Balaban J connectivity index is 1.88. The van der Waals surface area contributed by atoms with E-state index in [4.69, 9.17) is 0 Å². The largest absolute Gasteiger partial charge is 0.348 e. The summed E-state index contributed by atoms with van der Waals surface area (Å²) in [5.74, 6) is 0. The van der Waals surface area contributed by atoms with Gasteiger partial charge in [0.2, 0.25) is 0 Å². The second-order valence-electron chi connectivity index (χ2n) is 4.11. The number of anilines is 1. The highest BCUT2D eigenvalue weighted by atomic mass is 16.2. The van der Waals surface area contributed by atoms with Crippen molar-refractivity contribution in [2.24, 2.45) is 0 Å². The van der Waals surface area contributed by atoms with Gasteiger partial charge in [-0.3, -0.25) is 0 Å². The maximum Gasteiger partial charge on any atom is 0.348 e. The summed E-state index contributed by atoms with van der Waals surface area (Å²) in [7, 11) is 0. The van der Waals surface area contributed by atoms with Crippen molar-refractivity contribution in [2.75, 3.05) is 5.32 Å². The minimum absolute atomic E-state index is 0.379. The minimum Gasteiger partial charge on any atom is -0.306 e. The third kappa shape index (κ3) is 2.26. The van der Waals surface area contributed by atoms with Crippen molar-refractivity contribution in [3.05, 3.63) is 49.1 Å². The molecule has 0 saturated heterocycles. The van der Waals surface area contributed by atoms with Gasteiger partial charge < -0.3 is 5.32 Å². The molecule has 0 saturated carbocycles. The fraction of sp³-hybridized carbons (Fsp3) is 0.0833. The molecule has 1 aromatic carbocycles. The molecule has 0 radical (unpaired) electrons. The maximum absolute atomic E-state index is 11.9. The molecule has 0 bridgehead atoms. The number of rotatable bonds is 2. The maximum atomic E-state index is 11.9. The first-order valence-electron chi connectivity index (χ1n) is 5.85. The average Bonchev–Trinajstić information content (AvgIpc) is 3.14. The number of hydrogen-bond acceptors (Lipinski definition) is 5. The summed E-state index contributed by atoms with van der Waals surface area (Å²) in [5.41, 5.74) is 2.51. The summed E-state index contributed by atoms with van der Waals surface area (Å²) in [4.78, 5) is 19.5. The lowest BCUT2D eigenvalue weighted by Gasteiger charge is -2.09. The Bertz CT molecular complexity index is 718. The van der Waals surface area contributed by atoms with E-state index in [1.54, 1.807) is 11.0 Å². The summed E-state index contributed by atoms with van der Waals surface area (Å²) in [5, 5.41) is 10.6. The molecule has 0 aliphatic carbocycles. The van der Waals surface area contributed by atoms with Crippen molar-refractivity contribution in [2.45, 2.75) is 6.92 Å². The fourth-order valence-electron chi connectivity index (χ4n) is 1.76. The molecule has 0 unspecified atom stereocenters. The minimum atomic E-state index is -0.379. The highest BCUT2D eigenvalue weighted by molar-refractivity contribution is 5.90. The van der Waals surface area contributed by atoms with Crippen LogP contribution >= 0.6 is 0 Å². The topological polar surface area (TPSA) is 90.5 Å². The molecule has 8 nitrogen and oxygen atoms in total. The lowest BCUT2D eigenvalue weighted by atomic mass is 10.2. The Morgan fingerprint density at radius 3 is 2.65 bits per heavy atom. The molecule has 0 aliphatic heterocycles. The Hall–Kier alpha value is -3.03. The van der Waals surface area contributed by atoms with Crippen molar-refractivity contribution in [1.29, 1.82) is 0 Å². The lowest BCUT2D eigenvalue weighted by molar-refractivity contribution is 0.251. The van der Waals surface area contributed by atoms with Crippen LogP contribution in [0, 0.1) is 6.92 Å². The second-order valence-corrected chi connectivity index (χ2v) is 4.11. The van der Waals surface area contributed by atoms with E-state index < -0.39 is 0 Å². The lowest BCUT2D eigenvalue weighted by Crippen LogP contribution is -2.20. The van der Waals surface area contributed by atoms with Gasteiger partial charge in [0.15, 0.2) is 0 Å². The third-order valence-corrected chi connectivity index (χ3v) is 2.75. The number of carbonyl (C=O) groups is 1. The molecule has 100 valence electrons. The summed E-state index contributed by atoms with van der Waals surface area (Å²) < 4.78 is 2.76. The first kappa shape index (κ1) is 12.0. The van der Waals surface area contributed by atoms with E-state index >= 15 is 0 Å². The van der Waals surface area contributed by atoms with Crippen molar-refractivity contribution < 1.29 is 4.79 Å². The Kier molecular flexibility index (Phi) is 2.96. The summed E-state index contributed by atoms with van der Waals surface area (Å²) in [6, 6.07) is 5.15. The van der Waals surface area contributed by atoms with Gasteiger partial charge in [0.05, 0.1) is 5.69 Å². The molecule has 2 heterocycles. The van der Waals surface area contributed by atoms with Crippen LogP contribution in [-0.4, -0.2) is 35.6 Å². The molecule has 1 N–H and O–H groups in total. The van der Waals surface area contributed by atoms with Gasteiger partial charge in [0.1, 0.15) is 25.3 Å². The Labute approximate surface area is 114 Å². The molecule has 0 fully saturated rings. The van der Waals surface area contributed by atoms with Gasteiger partial charge in [-0.2, -0.15) is 14.9 Å². The highest BCUT2D eigenvalue weighted by Crippen LogP contribution is 2.18. The van der Waals surface area contributed by atoms with Crippen molar-refractivity contribution in [3.8, 4) is 5.69 Å². The van der Waals surface area contributed by atoms with Gasteiger partial charge in [0, 0.05) is 5.69 Å². The normalized spacial score (nSPS) is 10.4. The zero-order valence-corrected chi connectivity index (χ0v) is 10.6. The van der Waals surface area contributed by atoms with Crippen molar-refractivity contribution in [1.82, 2.24) is 29.5 Å². The van der Waals surface area contributed by atoms with Gasteiger partial charge in [-0.1, -0.05) is 6.07 Å². The third-order valence-electron chi connectivity index (χ3n) is 2.75. The van der Waals surface area contributed by atoms with E-state index in [0.717, 1.165) is 15.9 Å². The van der Waals surface area contributed by atoms with Crippen LogP contribution in [0.1, 0.15) is 5.56 Å². The molecule has 3 rings (SSSR count). The number of nitrogens with zero attached hydrogens (tertiary/aromatic N) is 6. The zero-order valence-electron chi connectivity index (χ0n) is 10.6. The van der Waals surface area contributed by atoms with Gasteiger partial charge in [-0.25, -0.2) is 19.4 Å². The van der Waals surface area contributed by atoms with Crippen LogP contribution < -0.4 is 5.32 Å². The molecular formula is C12H11N7O. The molecule has 8 heteroatoms. The monoisotopic (exact) mass is 269 g/mol. The quantitative estimate of drug-likeness (QED) is 0.756. The molecule has 3 aromatic rings. The summed E-state index contributed by atoms with van der Waals surface area (Å²) in [6.45, 7) is 1.96. The Morgan fingerprint density at radius 1 is 1.15 bits per heavy atom. The number of hydrogen-bond donors (Lipinski definition) is 1.